The Labute approximate surface area is 354 Å². The van der Waals surface area contributed by atoms with E-state index in [9.17, 15) is 22.8 Å². The number of halogens is 2. The summed E-state index contributed by atoms with van der Waals surface area (Å²) >= 11 is 13.9. The second-order valence-electron chi connectivity index (χ2n) is 16.3. The zero-order valence-electron chi connectivity index (χ0n) is 32.6. The molecule has 3 N–H and O–H groups in total. The van der Waals surface area contributed by atoms with Crippen molar-refractivity contribution in [1.82, 2.24) is 24.9 Å². The number of methoxy groups -OCH3 is 1. The van der Waals surface area contributed by atoms with Crippen molar-refractivity contribution in [2.75, 3.05) is 19.0 Å². The van der Waals surface area contributed by atoms with Gasteiger partial charge in [-0.3, -0.25) is 19.1 Å². The minimum absolute atomic E-state index is 0.0221. The van der Waals surface area contributed by atoms with Gasteiger partial charge in [0.25, 0.3) is 5.91 Å². The molecule has 3 aliphatic rings. The molecule has 8 rings (SSSR count). The van der Waals surface area contributed by atoms with Gasteiger partial charge in [0, 0.05) is 43.9 Å². The van der Waals surface area contributed by atoms with Gasteiger partial charge in [-0.25, -0.2) is 18.4 Å². The Hall–Kier alpha value is -4.90. The summed E-state index contributed by atoms with van der Waals surface area (Å²) in [6.07, 6.45) is 3.39. The number of hydrogen-bond acceptors (Lipinski definition) is 12. The lowest BCUT2D eigenvalue weighted by atomic mass is 9.85. The summed E-state index contributed by atoms with van der Waals surface area (Å²) in [5.74, 6) is -1.15. The van der Waals surface area contributed by atoms with Crippen molar-refractivity contribution in [3.05, 3.63) is 76.7 Å². The number of hydrogen-bond donors (Lipinski definition) is 3. The molecule has 59 heavy (non-hydrogen) atoms. The molecule has 3 fully saturated rings. The van der Waals surface area contributed by atoms with Crippen LogP contribution in [0.15, 0.2) is 71.1 Å². The summed E-state index contributed by atoms with van der Waals surface area (Å²) in [6, 6.07) is 10.4. The van der Waals surface area contributed by atoms with Gasteiger partial charge >= 0.3 is 0 Å². The first kappa shape index (κ1) is 40.9. The van der Waals surface area contributed by atoms with Gasteiger partial charge < -0.3 is 29.4 Å². The Morgan fingerprint density at radius 1 is 1.10 bits per heavy atom. The quantitative estimate of drug-likeness (QED) is 0.104. The summed E-state index contributed by atoms with van der Waals surface area (Å²) in [6.45, 7) is 9.48. The molecule has 310 valence electrons. The smallest absolute Gasteiger partial charge is 0.259 e. The zero-order valence-corrected chi connectivity index (χ0v) is 35.7. The number of anilines is 1. The Balaban J connectivity index is 1.09. The number of carbonyl (C=O) groups is 3. The van der Waals surface area contributed by atoms with E-state index in [4.69, 9.17) is 42.1 Å². The normalized spacial score (nSPS) is 22.2. The zero-order chi connectivity index (χ0) is 42.0. The molecule has 1 saturated heterocycles. The van der Waals surface area contributed by atoms with Crippen LogP contribution in [0.25, 0.3) is 33.2 Å². The van der Waals surface area contributed by atoms with Crippen LogP contribution >= 0.6 is 34.5 Å². The summed E-state index contributed by atoms with van der Waals surface area (Å²) in [5.41, 5.74) is -1.05. The molecule has 14 nitrogen and oxygen atoms in total. The van der Waals surface area contributed by atoms with Crippen LogP contribution in [0.1, 0.15) is 46.5 Å². The highest BCUT2D eigenvalue weighted by Gasteiger charge is 2.62. The van der Waals surface area contributed by atoms with Crippen LogP contribution in [0.3, 0.4) is 0 Å². The van der Waals surface area contributed by atoms with Crippen molar-refractivity contribution in [2.24, 2.45) is 11.3 Å². The molecule has 0 bridgehead atoms. The number of aromatic nitrogens is 2. The number of likely N-dealkylation sites (tertiary alicyclic amines) is 1. The minimum Gasteiger partial charge on any atom is -0.494 e. The third-order valence-corrected chi connectivity index (χ3v) is 14.1. The Kier molecular flexibility index (Phi) is 10.6. The number of nitrogens with one attached hydrogen (secondary N) is 3. The number of sulfonamides is 1. The van der Waals surface area contributed by atoms with Gasteiger partial charge in [0.2, 0.25) is 27.7 Å². The predicted molar refractivity (Wildman–Crippen MR) is 226 cm³/mol. The third kappa shape index (κ3) is 8.07. The van der Waals surface area contributed by atoms with Gasteiger partial charge in [0.05, 0.1) is 25.1 Å². The number of pyridine rings is 1. The lowest BCUT2D eigenvalue weighted by Crippen LogP contribution is -2.58. The number of fused-ring (bicyclic) bond motifs is 2. The Morgan fingerprint density at radius 2 is 1.85 bits per heavy atom. The van der Waals surface area contributed by atoms with Crippen molar-refractivity contribution in [3.8, 4) is 23.1 Å². The number of thiazole rings is 1. The van der Waals surface area contributed by atoms with Crippen LogP contribution in [0.4, 0.5) is 5.13 Å². The standard InChI is InChI=1S/C41H42Cl2N6O8S2/c1-6-22-17-41(22,38(52)48-59(53,54)26-9-10-26)47-35(50)30-16-25(56-36-28-15-24(43)7-11-27(28)33(55-5)18-44-36)19-49(30)37(51)34(40(2,3)4)46-39-45-29(20-58-39)32-14-21-13-23(42)8-12-31(21)57-32/h6-8,11-15,18,20,22,25-26,30,34H,1,9-10,16-17,19H2,2-5H3,(H,45,46)(H,47,50)(H,48,52)/t22-,25-,30+,34-,41-/m1/s1. The summed E-state index contributed by atoms with van der Waals surface area (Å²) in [7, 11) is -2.38. The van der Waals surface area contributed by atoms with Crippen LogP contribution < -0.4 is 24.8 Å². The van der Waals surface area contributed by atoms with E-state index in [0.29, 0.717) is 61.6 Å². The van der Waals surface area contributed by atoms with Gasteiger partial charge in [-0.05, 0) is 67.1 Å². The van der Waals surface area contributed by atoms with Crippen LogP contribution in [0.5, 0.6) is 11.6 Å². The largest absolute Gasteiger partial charge is 0.494 e. The number of ether oxygens (including phenoxy) is 2. The molecule has 3 amide bonds. The predicted octanol–water partition coefficient (Wildman–Crippen LogP) is 6.96. The van der Waals surface area contributed by atoms with Gasteiger partial charge in [-0.2, -0.15) is 0 Å². The molecule has 18 heteroatoms. The van der Waals surface area contributed by atoms with Crippen molar-refractivity contribution in [3.63, 3.8) is 0 Å². The molecule has 5 aromatic rings. The molecular formula is C41H42Cl2N6O8S2. The molecule has 0 spiro atoms. The number of rotatable bonds is 13. The monoisotopic (exact) mass is 880 g/mol. The molecule has 5 atom stereocenters. The van der Waals surface area contributed by atoms with Crippen molar-refractivity contribution < 1.29 is 36.7 Å². The van der Waals surface area contributed by atoms with Gasteiger partial charge in [-0.1, -0.05) is 50.0 Å². The molecule has 0 unspecified atom stereocenters. The van der Waals surface area contributed by atoms with Crippen molar-refractivity contribution in [1.29, 1.82) is 0 Å². The fraction of sp³-hybridized carbons (Fsp3) is 0.390. The lowest BCUT2D eigenvalue weighted by Gasteiger charge is -2.35. The maximum Gasteiger partial charge on any atom is 0.259 e. The van der Waals surface area contributed by atoms with E-state index in [0.717, 1.165) is 5.39 Å². The molecule has 2 saturated carbocycles. The molecule has 2 aromatic carbocycles. The van der Waals surface area contributed by atoms with Crippen LogP contribution in [-0.2, 0) is 24.4 Å². The molecule has 2 aliphatic carbocycles. The van der Waals surface area contributed by atoms with E-state index in [1.54, 1.807) is 36.4 Å². The molecule has 4 heterocycles. The number of amides is 3. The molecular weight excluding hydrogens is 840 g/mol. The van der Waals surface area contributed by atoms with Crippen molar-refractivity contribution >= 4 is 89.2 Å². The minimum atomic E-state index is -3.91. The highest BCUT2D eigenvalue weighted by Crippen LogP contribution is 2.46. The lowest BCUT2D eigenvalue weighted by molar-refractivity contribution is -0.141. The first-order chi connectivity index (χ1) is 28.0. The Bertz CT molecular complexity index is 2620. The van der Waals surface area contributed by atoms with Crippen LogP contribution in [0.2, 0.25) is 10.0 Å². The Morgan fingerprint density at radius 3 is 2.54 bits per heavy atom. The molecule has 3 aromatic heterocycles. The van der Waals surface area contributed by atoms with E-state index >= 15 is 0 Å². The highest BCUT2D eigenvalue weighted by atomic mass is 35.5. The topological polar surface area (TPSA) is 182 Å². The summed E-state index contributed by atoms with van der Waals surface area (Å²) < 4.78 is 45.8. The average Bonchev–Trinajstić information content (AvgIpc) is 4.00. The summed E-state index contributed by atoms with van der Waals surface area (Å²) in [5, 5.41) is 10.9. The highest BCUT2D eigenvalue weighted by molar-refractivity contribution is 7.91. The third-order valence-electron chi connectivity index (χ3n) is 11.0. The van der Waals surface area contributed by atoms with Gasteiger partial charge in [0.15, 0.2) is 10.9 Å². The number of furan rings is 1. The van der Waals surface area contributed by atoms with Crippen LogP contribution in [0, 0.1) is 11.3 Å². The molecule has 0 radical (unpaired) electrons. The first-order valence-electron chi connectivity index (χ1n) is 19.0. The fourth-order valence-corrected chi connectivity index (χ4v) is 9.95. The second-order valence-corrected chi connectivity index (χ2v) is 20.0. The SMILES string of the molecule is C=C[C@@H]1C[C@]1(NC(=O)[C@@H]1C[C@@H](Oc2ncc(OC)c3ccc(Cl)cc23)CN1C(=O)[C@@H](Nc1nc(-c2cc3cc(Cl)ccc3o2)cs1)C(C)(C)C)C(=O)NS(=O)(=O)C1CC1. The number of benzene rings is 2. The van der Waals surface area contributed by atoms with E-state index in [-0.39, 0.29) is 25.3 Å². The number of nitrogens with zero attached hydrogens (tertiary/aromatic N) is 3. The van der Waals surface area contributed by atoms with Gasteiger partial charge in [-0.15, -0.1) is 17.9 Å². The van der Waals surface area contributed by atoms with Crippen LogP contribution in [-0.4, -0.2) is 83.6 Å². The maximum atomic E-state index is 14.9. The average molecular weight is 882 g/mol. The fourth-order valence-electron chi connectivity index (χ4n) is 7.50. The maximum absolute atomic E-state index is 14.9. The summed E-state index contributed by atoms with van der Waals surface area (Å²) in [4.78, 5) is 53.7. The van der Waals surface area contributed by atoms with Gasteiger partial charge in [0.1, 0.15) is 40.8 Å². The second kappa shape index (κ2) is 15.3. The number of carbonyl (C=O) groups excluding carboxylic acids is 3. The van der Waals surface area contributed by atoms with E-state index < -0.39 is 68.1 Å². The van der Waals surface area contributed by atoms with E-state index in [1.807, 2.05) is 32.2 Å². The van der Waals surface area contributed by atoms with Crippen molar-refractivity contribution in [2.45, 2.75) is 75.4 Å². The van der Waals surface area contributed by atoms with E-state index in [1.165, 1.54) is 35.6 Å². The van der Waals surface area contributed by atoms with E-state index in [2.05, 4.69) is 26.9 Å². The first-order valence-corrected chi connectivity index (χ1v) is 22.2. The molecule has 1 aliphatic heterocycles.